The Morgan fingerprint density at radius 2 is 1.98 bits per heavy atom. The number of benzene rings is 2. The molecule has 1 heterocycles. The predicted molar refractivity (Wildman–Crippen MR) is 165 cm³/mol. The van der Waals surface area contributed by atoms with E-state index in [1.807, 2.05) is 19.1 Å². The molecule has 9 atom stereocenters. The van der Waals surface area contributed by atoms with Crippen molar-refractivity contribution in [2.45, 2.75) is 70.2 Å². The highest BCUT2D eigenvalue weighted by molar-refractivity contribution is 6.01. The number of aliphatic hydroxyl groups is 2. The van der Waals surface area contributed by atoms with E-state index in [0.717, 1.165) is 17.6 Å². The average Bonchev–Trinajstić information content (AvgIpc) is 3.52. The number of methoxy groups -OCH3 is 1. The van der Waals surface area contributed by atoms with Crippen LogP contribution in [0, 0.1) is 34.4 Å². The molecule has 2 unspecified atom stereocenters. The highest BCUT2D eigenvalue weighted by atomic mass is 19.1. The summed E-state index contributed by atoms with van der Waals surface area (Å²) in [7, 11) is 1.41. The maximum Gasteiger partial charge on any atom is 0.193 e. The minimum absolute atomic E-state index is 0.00314. The molecule has 10 heteroatoms. The fraction of sp³-hybridized carbons (Fsp3) is 0.500. The molecule has 1 saturated heterocycles. The van der Waals surface area contributed by atoms with Gasteiger partial charge < -0.3 is 34.9 Å². The summed E-state index contributed by atoms with van der Waals surface area (Å²) in [5, 5.41) is 22.2. The van der Waals surface area contributed by atoms with Crippen LogP contribution in [-0.4, -0.2) is 53.3 Å². The van der Waals surface area contributed by atoms with Gasteiger partial charge in [0.15, 0.2) is 35.0 Å². The summed E-state index contributed by atoms with van der Waals surface area (Å²) in [4.78, 5) is 26.1. The molecule has 5 aliphatic rings. The van der Waals surface area contributed by atoms with Gasteiger partial charge in [0.25, 0.3) is 0 Å². The number of hydrogen-bond donors (Lipinski definition) is 3. The molecule has 4 fully saturated rings. The lowest BCUT2D eigenvalue weighted by Crippen LogP contribution is -2.63. The summed E-state index contributed by atoms with van der Waals surface area (Å²) in [5.74, 6) is -1.50. The van der Waals surface area contributed by atoms with Crippen molar-refractivity contribution in [2.24, 2.45) is 28.6 Å². The van der Waals surface area contributed by atoms with Crippen LogP contribution in [0.15, 0.2) is 60.2 Å². The van der Waals surface area contributed by atoms with E-state index < -0.39 is 53.1 Å². The van der Waals surface area contributed by atoms with Crippen molar-refractivity contribution in [1.29, 1.82) is 0 Å². The van der Waals surface area contributed by atoms with Crippen LogP contribution in [0.3, 0.4) is 0 Å². The lowest BCUT2D eigenvalue weighted by Gasteiger charge is -2.59. The molecular weight excluding hydrogens is 593 g/mol. The number of ketones is 2. The zero-order valence-electron chi connectivity index (χ0n) is 26.2. The van der Waals surface area contributed by atoms with Gasteiger partial charge in [-0.15, -0.1) is 0 Å². The van der Waals surface area contributed by atoms with Crippen molar-refractivity contribution in [2.75, 3.05) is 19.5 Å². The number of halogens is 1. The fourth-order valence-corrected chi connectivity index (χ4v) is 9.72. The number of fused-ring (bicyclic) bond motifs is 7. The fourth-order valence-electron chi connectivity index (χ4n) is 9.72. The molecule has 244 valence electrons. The minimum Gasteiger partial charge on any atom is -0.496 e. The number of ether oxygens (including phenoxy) is 4. The molecule has 2 aromatic rings. The third kappa shape index (κ3) is 4.33. The Labute approximate surface area is 267 Å². The number of nitrogens with two attached hydrogens (primary N) is 1. The first kappa shape index (κ1) is 31.1. The second-order valence-electron chi connectivity index (χ2n) is 13.9. The molecule has 0 amide bonds. The number of carbonyl (C=O) groups is 2. The van der Waals surface area contributed by atoms with E-state index in [1.54, 1.807) is 36.4 Å². The second kappa shape index (κ2) is 11.0. The molecule has 2 aromatic carbocycles. The standard InChI is InChI=1S/C36H40FNO8/c1-34-12-11-22(40)14-20(34)7-8-23-24-15-29-36(28(42)17-39,35(24,2)16-25(41)31(23)34)46-33(45-29)30-26(43-3)9-10-27(32(30)37)44-18-19-5-4-6-21(38)13-19/h4-6,9-14,23-25,29,31,33,39,41H,7-8,15-18,38H2,1-3H3/t23-,24?,25-,29+,31?,33-,34-,35-,36+/m0/s1. The number of carbonyl (C=O) groups excluding carboxylic acids is 2. The van der Waals surface area contributed by atoms with E-state index in [9.17, 15) is 19.8 Å². The van der Waals surface area contributed by atoms with Gasteiger partial charge in [-0.3, -0.25) is 9.59 Å². The van der Waals surface area contributed by atoms with Crippen LogP contribution < -0.4 is 15.2 Å². The SMILES string of the molecule is COc1ccc(OCc2cccc(N)c2)c(F)c1[C@H]1O[C@@H]2CC3[C@@H]4CCC5=CC(=O)C=C[C@]5(C)C4[C@@H](O)C[C@]3(C)[C@]2(C(=O)CO)O1. The number of allylic oxidation sites excluding steroid dienone is 4. The number of hydrogen-bond acceptors (Lipinski definition) is 9. The van der Waals surface area contributed by atoms with Crippen LogP contribution in [0.4, 0.5) is 10.1 Å². The number of nitrogen functional groups attached to an aromatic ring is 1. The lowest BCUT2D eigenvalue weighted by atomic mass is 9.46. The Balaban J connectivity index is 1.23. The third-order valence-electron chi connectivity index (χ3n) is 11.7. The Morgan fingerprint density at radius 3 is 2.72 bits per heavy atom. The lowest BCUT2D eigenvalue weighted by molar-refractivity contribution is -0.201. The Bertz CT molecular complexity index is 1660. The summed E-state index contributed by atoms with van der Waals surface area (Å²) >= 11 is 0. The van der Waals surface area contributed by atoms with Crippen LogP contribution in [0.2, 0.25) is 0 Å². The quantitative estimate of drug-likeness (QED) is 0.374. The number of Topliss-reactive ketones (excluding diaryl/α,β-unsaturated/α-hetero) is 1. The van der Waals surface area contributed by atoms with E-state index >= 15 is 4.39 Å². The van der Waals surface area contributed by atoms with Gasteiger partial charge in [0.2, 0.25) is 0 Å². The molecule has 3 saturated carbocycles. The van der Waals surface area contributed by atoms with E-state index in [4.69, 9.17) is 24.7 Å². The summed E-state index contributed by atoms with van der Waals surface area (Å²) < 4.78 is 40.7. The smallest absolute Gasteiger partial charge is 0.193 e. The Morgan fingerprint density at radius 1 is 1.20 bits per heavy atom. The molecule has 0 aromatic heterocycles. The van der Waals surface area contributed by atoms with Crippen molar-refractivity contribution in [1.82, 2.24) is 0 Å². The summed E-state index contributed by atoms with van der Waals surface area (Å²) in [5.41, 5.74) is 5.13. The minimum atomic E-state index is -1.63. The second-order valence-corrected chi connectivity index (χ2v) is 13.9. The van der Waals surface area contributed by atoms with Crippen LogP contribution in [0.25, 0.3) is 0 Å². The Hall–Kier alpha value is -3.57. The van der Waals surface area contributed by atoms with Crippen molar-refractivity contribution in [3.63, 3.8) is 0 Å². The largest absolute Gasteiger partial charge is 0.496 e. The molecule has 9 nitrogen and oxygen atoms in total. The van der Waals surface area contributed by atoms with Crippen LogP contribution in [-0.2, 0) is 25.7 Å². The first-order chi connectivity index (χ1) is 22.0. The monoisotopic (exact) mass is 633 g/mol. The van der Waals surface area contributed by atoms with Gasteiger partial charge in [-0.05, 0) is 79.5 Å². The summed E-state index contributed by atoms with van der Waals surface area (Å²) in [6.45, 7) is 3.28. The zero-order valence-corrected chi connectivity index (χ0v) is 26.2. The third-order valence-corrected chi connectivity index (χ3v) is 11.7. The van der Waals surface area contributed by atoms with Crippen molar-refractivity contribution >= 4 is 17.3 Å². The van der Waals surface area contributed by atoms with Gasteiger partial charge in [-0.2, -0.15) is 0 Å². The summed E-state index contributed by atoms with van der Waals surface area (Å²) in [6, 6.07) is 10.1. The van der Waals surface area contributed by atoms with E-state index in [-0.39, 0.29) is 53.6 Å². The van der Waals surface area contributed by atoms with Crippen molar-refractivity contribution in [3.8, 4) is 11.5 Å². The Kier molecular flexibility index (Phi) is 7.43. The molecule has 7 rings (SSSR count). The van der Waals surface area contributed by atoms with Gasteiger partial charge in [0.05, 0.1) is 24.9 Å². The molecule has 46 heavy (non-hydrogen) atoms. The maximum atomic E-state index is 16.3. The summed E-state index contributed by atoms with van der Waals surface area (Å²) in [6.07, 6.45) is 4.34. The number of rotatable bonds is 7. The normalized spacial score (nSPS) is 37.5. The maximum absolute atomic E-state index is 16.3. The van der Waals surface area contributed by atoms with Gasteiger partial charge in [-0.1, -0.05) is 37.6 Å². The van der Waals surface area contributed by atoms with Gasteiger partial charge in [-0.25, -0.2) is 4.39 Å². The van der Waals surface area contributed by atoms with Crippen molar-refractivity contribution in [3.05, 3.63) is 77.1 Å². The van der Waals surface area contributed by atoms with Crippen LogP contribution >= 0.6 is 0 Å². The highest BCUT2D eigenvalue weighted by Gasteiger charge is 2.76. The molecule has 4 N–H and O–H groups in total. The van der Waals surface area contributed by atoms with Gasteiger partial charge in [0, 0.05) is 22.4 Å². The van der Waals surface area contributed by atoms with Crippen LogP contribution in [0.1, 0.15) is 56.9 Å². The molecule has 0 bridgehead atoms. The number of aliphatic hydroxyl groups excluding tert-OH is 2. The molecular formula is C36H40FNO8. The van der Waals surface area contributed by atoms with E-state index in [0.29, 0.717) is 18.5 Å². The van der Waals surface area contributed by atoms with Crippen LogP contribution in [0.5, 0.6) is 11.5 Å². The molecule has 4 aliphatic carbocycles. The topological polar surface area (TPSA) is 138 Å². The van der Waals surface area contributed by atoms with Gasteiger partial charge >= 0.3 is 0 Å². The molecule has 0 spiro atoms. The highest BCUT2D eigenvalue weighted by Crippen LogP contribution is 2.70. The number of anilines is 1. The van der Waals surface area contributed by atoms with Crippen molar-refractivity contribution < 1.29 is 43.1 Å². The molecule has 1 aliphatic heterocycles. The first-order valence-electron chi connectivity index (χ1n) is 15.9. The van der Waals surface area contributed by atoms with Gasteiger partial charge in [0.1, 0.15) is 19.0 Å². The average molecular weight is 634 g/mol. The van der Waals surface area contributed by atoms with E-state index in [2.05, 4.69) is 6.92 Å². The van der Waals surface area contributed by atoms with E-state index in [1.165, 1.54) is 13.2 Å². The predicted octanol–water partition coefficient (Wildman–Crippen LogP) is 4.60. The zero-order chi connectivity index (χ0) is 32.6. The first-order valence-corrected chi connectivity index (χ1v) is 15.9. The molecule has 0 radical (unpaired) electrons.